The summed E-state index contributed by atoms with van der Waals surface area (Å²) in [6.45, 7) is 0. The zero-order chi connectivity index (χ0) is 19.1. The second-order valence-electron chi connectivity index (χ2n) is 5.32. The molecule has 0 unspecified atom stereocenters. The van der Waals surface area contributed by atoms with E-state index in [0.717, 1.165) is 17.1 Å². The number of anilines is 2. The molecule has 0 spiro atoms. The Morgan fingerprint density at radius 1 is 1.23 bits per heavy atom. The van der Waals surface area contributed by atoms with E-state index in [9.17, 15) is 9.59 Å². The molecule has 0 atom stereocenters. The van der Waals surface area contributed by atoms with E-state index in [1.54, 1.807) is 55.8 Å². The maximum atomic E-state index is 11.8. The van der Waals surface area contributed by atoms with E-state index in [1.165, 1.54) is 11.9 Å². The number of amidine groups is 1. The lowest BCUT2D eigenvalue weighted by atomic mass is 10.1. The van der Waals surface area contributed by atoms with Gasteiger partial charge in [-0.1, -0.05) is 11.9 Å². The number of hydrazine groups is 1. The highest BCUT2D eigenvalue weighted by atomic mass is 32.2. The third-order valence-corrected chi connectivity index (χ3v) is 3.73. The van der Waals surface area contributed by atoms with Crippen molar-refractivity contribution in [1.29, 1.82) is 0 Å². The molecule has 0 aromatic heterocycles. The number of hydrogen-bond donors (Lipinski definition) is 4. The maximum absolute atomic E-state index is 11.8. The van der Waals surface area contributed by atoms with Crippen molar-refractivity contribution < 1.29 is 9.59 Å². The van der Waals surface area contributed by atoms with Gasteiger partial charge in [0, 0.05) is 41.4 Å². The third kappa shape index (κ3) is 4.98. The first-order valence-corrected chi connectivity index (χ1v) is 8.79. The molecule has 2 aromatic rings. The number of benzene rings is 2. The minimum absolute atomic E-state index is 0.164. The van der Waals surface area contributed by atoms with Crippen molar-refractivity contribution in [1.82, 2.24) is 9.84 Å². The van der Waals surface area contributed by atoms with E-state index in [2.05, 4.69) is 15.1 Å². The summed E-state index contributed by atoms with van der Waals surface area (Å²) in [7, 11) is 1.54. The predicted molar refractivity (Wildman–Crippen MR) is 105 cm³/mol. The lowest BCUT2D eigenvalue weighted by Gasteiger charge is -2.14. The maximum Gasteiger partial charge on any atom is 0.261 e. The lowest BCUT2D eigenvalue weighted by Crippen LogP contribution is -2.26. The standard InChI is InChI=1S/C17H20N6O2S/c1-23(19)21-16(18)14-9-11(10-24)3-8-15(14)20-13-6-4-12(5-7-13)17(25)22-26-2/h3-10,20H,19H2,1-2H3,(H2,18,21)(H,22,25). The van der Waals surface area contributed by atoms with Gasteiger partial charge in [0.1, 0.15) is 6.29 Å². The van der Waals surface area contributed by atoms with Crippen LogP contribution < -0.4 is 21.6 Å². The van der Waals surface area contributed by atoms with Crippen molar-refractivity contribution in [3.05, 3.63) is 59.2 Å². The smallest absolute Gasteiger partial charge is 0.261 e. The van der Waals surface area contributed by atoms with Gasteiger partial charge in [0.05, 0.1) is 0 Å². The molecule has 0 heterocycles. The van der Waals surface area contributed by atoms with Crippen LogP contribution in [0.1, 0.15) is 26.3 Å². The SMILES string of the molecule is CSNC(=O)c1ccc(Nc2ccc(C=O)cc2/C(N)=N/N(C)N)cc1. The average Bonchev–Trinajstić information content (AvgIpc) is 2.62. The molecule has 2 rings (SSSR count). The van der Waals surface area contributed by atoms with Crippen LogP contribution in [-0.4, -0.2) is 36.5 Å². The number of nitrogens with zero attached hydrogens (tertiary/aromatic N) is 2. The van der Waals surface area contributed by atoms with Crippen LogP contribution in [0, 0.1) is 0 Å². The summed E-state index contributed by atoms with van der Waals surface area (Å²) in [6.07, 6.45) is 2.51. The molecule has 26 heavy (non-hydrogen) atoms. The van der Waals surface area contributed by atoms with Gasteiger partial charge >= 0.3 is 0 Å². The lowest BCUT2D eigenvalue weighted by molar-refractivity contribution is 0.0984. The molecule has 0 fully saturated rings. The van der Waals surface area contributed by atoms with E-state index in [4.69, 9.17) is 11.6 Å². The van der Waals surface area contributed by atoms with Crippen molar-refractivity contribution in [2.45, 2.75) is 0 Å². The Morgan fingerprint density at radius 2 is 1.92 bits per heavy atom. The number of carbonyl (C=O) groups is 2. The number of amides is 1. The zero-order valence-electron chi connectivity index (χ0n) is 14.4. The molecule has 9 heteroatoms. The average molecular weight is 372 g/mol. The summed E-state index contributed by atoms with van der Waals surface area (Å²) in [5, 5.41) is 8.27. The number of nitrogens with two attached hydrogens (primary N) is 2. The second-order valence-corrected chi connectivity index (χ2v) is 5.93. The van der Waals surface area contributed by atoms with E-state index >= 15 is 0 Å². The molecule has 0 aliphatic carbocycles. The van der Waals surface area contributed by atoms with Gasteiger partial charge in [-0.3, -0.25) is 14.3 Å². The minimum atomic E-state index is -0.164. The van der Waals surface area contributed by atoms with E-state index in [-0.39, 0.29) is 11.7 Å². The number of hydrazone groups is 1. The van der Waals surface area contributed by atoms with Crippen LogP contribution in [0.25, 0.3) is 0 Å². The Balaban J connectivity index is 2.31. The van der Waals surface area contributed by atoms with Crippen LogP contribution in [0.15, 0.2) is 47.6 Å². The number of hydrogen-bond acceptors (Lipinski definition) is 7. The minimum Gasteiger partial charge on any atom is -0.382 e. The molecule has 1 amide bonds. The molecule has 0 bridgehead atoms. The van der Waals surface area contributed by atoms with Gasteiger partial charge in [-0.15, -0.1) is 5.10 Å². The monoisotopic (exact) mass is 372 g/mol. The van der Waals surface area contributed by atoms with E-state index < -0.39 is 0 Å². The van der Waals surface area contributed by atoms with Crippen molar-refractivity contribution in [3.8, 4) is 0 Å². The van der Waals surface area contributed by atoms with Gasteiger partial charge in [0.25, 0.3) is 5.91 Å². The summed E-state index contributed by atoms with van der Waals surface area (Å²) in [5.74, 6) is 5.51. The Hall–Kier alpha value is -3.04. The zero-order valence-corrected chi connectivity index (χ0v) is 15.2. The first-order chi connectivity index (χ1) is 12.4. The normalized spacial score (nSPS) is 11.0. The van der Waals surface area contributed by atoms with Gasteiger partial charge in [-0.2, -0.15) is 0 Å². The van der Waals surface area contributed by atoms with Crippen LogP contribution in [0.2, 0.25) is 0 Å². The first-order valence-electron chi connectivity index (χ1n) is 7.57. The Morgan fingerprint density at radius 3 is 2.50 bits per heavy atom. The second kappa shape index (κ2) is 8.88. The number of nitrogens with one attached hydrogen (secondary N) is 2. The van der Waals surface area contributed by atoms with Crippen LogP contribution in [-0.2, 0) is 0 Å². The first kappa shape index (κ1) is 19.3. The fraction of sp³-hybridized carbons (Fsp3) is 0.118. The van der Waals surface area contributed by atoms with Crippen molar-refractivity contribution in [2.24, 2.45) is 16.7 Å². The quantitative estimate of drug-likeness (QED) is 0.145. The van der Waals surface area contributed by atoms with E-state index in [1.807, 2.05) is 0 Å². The molecule has 0 aliphatic heterocycles. The summed E-state index contributed by atoms with van der Waals surface area (Å²) < 4.78 is 2.66. The summed E-state index contributed by atoms with van der Waals surface area (Å²) >= 11 is 1.24. The Labute approximate surface area is 155 Å². The molecular weight excluding hydrogens is 352 g/mol. The van der Waals surface area contributed by atoms with Gasteiger partial charge in [0.15, 0.2) is 5.84 Å². The molecule has 6 N–H and O–H groups in total. The highest BCUT2D eigenvalue weighted by Gasteiger charge is 2.10. The molecule has 136 valence electrons. The number of carbonyl (C=O) groups excluding carboxylic acids is 2. The van der Waals surface area contributed by atoms with Gasteiger partial charge in [-0.05, 0) is 42.5 Å². The fourth-order valence-corrected chi connectivity index (χ4v) is 2.50. The molecule has 0 aliphatic rings. The van der Waals surface area contributed by atoms with Crippen molar-refractivity contribution >= 4 is 41.4 Å². The Kier molecular flexibility index (Phi) is 6.59. The van der Waals surface area contributed by atoms with Crippen LogP contribution >= 0.6 is 11.9 Å². The van der Waals surface area contributed by atoms with Crippen LogP contribution in [0.4, 0.5) is 11.4 Å². The molecule has 0 saturated carbocycles. The van der Waals surface area contributed by atoms with E-state index in [0.29, 0.717) is 22.4 Å². The molecular formula is C17H20N6O2S. The van der Waals surface area contributed by atoms with Gasteiger partial charge in [0.2, 0.25) is 0 Å². The number of aldehydes is 1. The number of rotatable bonds is 7. The summed E-state index contributed by atoms with van der Waals surface area (Å²) in [6, 6.07) is 12.0. The van der Waals surface area contributed by atoms with Crippen LogP contribution in [0.5, 0.6) is 0 Å². The highest BCUT2D eigenvalue weighted by Crippen LogP contribution is 2.22. The molecule has 8 nitrogen and oxygen atoms in total. The third-order valence-electron chi connectivity index (χ3n) is 3.34. The summed E-state index contributed by atoms with van der Waals surface area (Å²) in [5.41, 5.74) is 8.94. The van der Waals surface area contributed by atoms with Crippen molar-refractivity contribution in [3.63, 3.8) is 0 Å². The molecule has 0 saturated heterocycles. The van der Waals surface area contributed by atoms with Gasteiger partial charge in [-0.25, -0.2) is 11.0 Å². The Bertz CT molecular complexity index is 821. The van der Waals surface area contributed by atoms with Crippen LogP contribution in [0.3, 0.4) is 0 Å². The topological polar surface area (TPSA) is 126 Å². The highest BCUT2D eigenvalue weighted by molar-refractivity contribution is 7.97. The van der Waals surface area contributed by atoms with Gasteiger partial charge < -0.3 is 11.1 Å². The largest absolute Gasteiger partial charge is 0.382 e. The molecule has 2 aromatic carbocycles. The predicted octanol–water partition coefficient (Wildman–Crippen LogP) is 1.68. The summed E-state index contributed by atoms with van der Waals surface area (Å²) in [4.78, 5) is 22.8. The fourth-order valence-electron chi connectivity index (χ4n) is 2.19. The molecule has 0 radical (unpaired) electrons. The van der Waals surface area contributed by atoms with Crippen molar-refractivity contribution in [2.75, 3.05) is 18.6 Å².